The molecule has 2 N–H and O–H groups in total. The molecule has 0 saturated heterocycles. The second-order valence-electron chi connectivity index (χ2n) is 4.17. The Labute approximate surface area is 102 Å². The smallest absolute Gasteiger partial charge is 0.122 e. The van der Waals surface area contributed by atoms with Crippen LogP contribution in [0.3, 0.4) is 0 Å². The molecule has 17 heavy (non-hydrogen) atoms. The summed E-state index contributed by atoms with van der Waals surface area (Å²) in [6.07, 6.45) is 2.58. The van der Waals surface area contributed by atoms with Crippen molar-refractivity contribution in [3.05, 3.63) is 34.9 Å². The molecule has 0 saturated carbocycles. The van der Waals surface area contributed by atoms with Crippen molar-refractivity contribution >= 4 is 5.70 Å². The summed E-state index contributed by atoms with van der Waals surface area (Å²) in [6.45, 7) is 2.78. The molecule has 0 atom stereocenters. The van der Waals surface area contributed by atoms with E-state index in [1.54, 1.807) is 0 Å². The molecule has 0 unspecified atom stereocenters. The maximum atomic E-state index is 9.07. The Kier molecular flexibility index (Phi) is 3.34. The molecular formula is C14H16N2O. The second kappa shape index (κ2) is 4.92. The van der Waals surface area contributed by atoms with E-state index in [2.05, 4.69) is 6.07 Å². The minimum absolute atomic E-state index is 0.601. The zero-order valence-corrected chi connectivity index (χ0v) is 9.99. The number of ether oxygens (including phenoxy) is 1. The van der Waals surface area contributed by atoms with E-state index in [-0.39, 0.29) is 0 Å². The van der Waals surface area contributed by atoms with Crippen LogP contribution in [0.25, 0.3) is 5.70 Å². The number of hydrogen-bond acceptors (Lipinski definition) is 3. The molecule has 1 aromatic rings. The predicted octanol–water partition coefficient (Wildman–Crippen LogP) is 2.61. The fraction of sp³-hybridized carbons (Fsp3) is 0.357. The van der Waals surface area contributed by atoms with Gasteiger partial charge in [-0.05, 0) is 35.7 Å². The fourth-order valence-corrected chi connectivity index (χ4v) is 2.03. The van der Waals surface area contributed by atoms with Gasteiger partial charge in [-0.15, -0.1) is 0 Å². The van der Waals surface area contributed by atoms with Crippen molar-refractivity contribution < 1.29 is 4.74 Å². The molecule has 0 bridgehead atoms. The van der Waals surface area contributed by atoms with Gasteiger partial charge in [-0.3, -0.25) is 0 Å². The maximum absolute atomic E-state index is 9.07. The summed E-state index contributed by atoms with van der Waals surface area (Å²) in [5.41, 5.74) is 9.43. The molecule has 0 spiro atoms. The standard InChI is InChI=1S/C14H16N2O/c1-2-3-12(9-15)14(16)11-4-5-13-10(8-11)6-7-17-13/h4-5,8H,2-3,6-7,16H2,1H3/b14-12-. The monoisotopic (exact) mass is 228 g/mol. The lowest BCUT2D eigenvalue weighted by Crippen LogP contribution is -2.01. The molecule has 1 aliphatic heterocycles. The number of allylic oxidation sites excluding steroid dienone is 1. The lowest BCUT2D eigenvalue weighted by molar-refractivity contribution is 0.357. The van der Waals surface area contributed by atoms with E-state index in [1.165, 1.54) is 5.56 Å². The lowest BCUT2D eigenvalue weighted by atomic mass is 10.0. The first-order chi connectivity index (χ1) is 8.26. The Morgan fingerprint density at radius 1 is 1.53 bits per heavy atom. The highest BCUT2D eigenvalue weighted by atomic mass is 16.5. The first-order valence-electron chi connectivity index (χ1n) is 5.91. The summed E-state index contributed by atoms with van der Waals surface area (Å²) in [5.74, 6) is 0.940. The fourth-order valence-electron chi connectivity index (χ4n) is 2.03. The predicted molar refractivity (Wildman–Crippen MR) is 67.3 cm³/mol. The average molecular weight is 228 g/mol. The number of nitrogens with zero attached hydrogens (tertiary/aromatic N) is 1. The van der Waals surface area contributed by atoms with Gasteiger partial charge in [-0.2, -0.15) is 5.26 Å². The number of nitrogens with two attached hydrogens (primary N) is 1. The molecule has 3 nitrogen and oxygen atoms in total. The van der Waals surface area contributed by atoms with Gasteiger partial charge in [0.2, 0.25) is 0 Å². The quantitative estimate of drug-likeness (QED) is 0.809. The van der Waals surface area contributed by atoms with Crippen LogP contribution in [0.15, 0.2) is 23.8 Å². The summed E-state index contributed by atoms with van der Waals surface area (Å²) < 4.78 is 5.45. The number of hydrogen-bond donors (Lipinski definition) is 1. The molecule has 2 rings (SSSR count). The van der Waals surface area contributed by atoms with E-state index in [9.17, 15) is 0 Å². The van der Waals surface area contributed by atoms with Crippen molar-refractivity contribution in [2.75, 3.05) is 6.61 Å². The van der Waals surface area contributed by atoms with Crippen LogP contribution in [-0.2, 0) is 6.42 Å². The molecule has 88 valence electrons. The van der Waals surface area contributed by atoms with Gasteiger partial charge >= 0.3 is 0 Å². The molecule has 0 aliphatic carbocycles. The number of nitriles is 1. The van der Waals surface area contributed by atoms with E-state index in [1.807, 2.05) is 25.1 Å². The van der Waals surface area contributed by atoms with Crippen LogP contribution < -0.4 is 10.5 Å². The third kappa shape index (κ3) is 2.26. The Balaban J connectivity index is 2.37. The summed E-state index contributed by atoms with van der Waals surface area (Å²) in [5, 5.41) is 9.07. The van der Waals surface area contributed by atoms with Gasteiger partial charge < -0.3 is 10.5 Å². The highest BCUT2D eigenvalue weighted by molar-refractivity contribution is 5.70. The van der Waals surface area contributed by atoms with E-state index in [0.29, 0.717) is 11.3 Å². The van der Waals surface area contributed by atoms with Gasteiger partial charge in [0.15, 0.2) is 0 Å². The highest BCUT2D eigenvalue weighted by Crippen LogP contribution is 2.28. The van der Waals surface area contributed by atoms with Crippen molar-refractivity contribution in [3.8, 4) is 11.8 Å². The van der Waals surface area contributed by atoms with Crippen LogP contribution in [0.4, 0.5) is 0 Å². The van der Waals surface area contributed by atoms with Crippen molar-refractivity contribution in [2.24, 2.45) is 5.73 Å². The summed E-state index contributed by atoms with van der Waals surface area (Å²) in [4.78, 5) is 0. The zero-order chi connectivity index (χ0) is 12.3. The van der Waals surface area contributed by atoms with Crippen LogP contribution in [0, 0.1) is 11.3 Å². The summed E-state index contributed by atoms with van der Waals surface area (Å²) in [7, 11) is 0. The van der Waals surface area contributed by atoms with Gasteiger partial charge in [0.1, 0.15) is 5.75 Å². The lowest BCUT2D eigenvalue weighted by Gasteiger charge is -2.07. The topological polar surface area (TPSA) is 59.0 Å². The molecule has 3 heteroatoms. The van der Waals surface area contributed by atoms with E-state index in [0.717, 1.165) is 37.2 Å². The van der Waals surface area contributed by atoms with Crippen molar-refractivity contribution in [1.29, 1.82) is 5.26 Å². The number of benzene rings is 1. The van der Waals surface area contributed by atoms with Crippen molar-refractivity contribution in [1.82, 2.24) is 0 Å². The first-order valence-corrected chi connectivity index (χ1v) is 5.91. The Morgan fingerprint density at radius 3 is 3.06 bits per heavy atom. The molecular weight excluding hydrogens is 212 g/mol. The molecule has 0 radical (unpaired) electrons. The largest absolute Gasteiger partial charge is 0.493 e. The highest BCUT2D eigenvalue weighted by Gasteiger charge is 2.13. The Hall–Kier alpha value is -1.95. The molecule has 1 aromatic carbocycles. The maximum Gasteiger partial charge on any atom is 0.122 e. The van der Waals surface area contributed by atoms with Gasteiger partial charge in [0, 0.05) is 6.42 Å². The second-order valence-corrected chi connectivity index (χ2v) is 4.17. The third-order valence-corrected chi connectivity index (χ3v) is 2.96. The van der Waals surface area contributed by atoms with Crippen molar-refractivity contribution in [2.45, 2.75) is 26.2 Å². The number of rotatable bonds is 3. The SMILES string of the molecule is CCC/C(C#N)=C(/N)c1ccc2c(c1)CCO2. The molecule has 1 heterocycles. The van der Waals surface area contributed by atoms with Crippen LogP contribution >= 0.6 is 0 Å². The first kappa shape index (κ1) is 11.5. The van der Waals surface area contributed by atoms with E-state index < -0.39 is 0 Å². The third-order valence-electron chi connectivity index (χ3n) is 2.96. The normalized spacial score (nSPS) is 14.6. The van der Waals surface area contributed by atoms with Gasteiger partial charge in [-0.25, -0.2) is 0 Å². The van der Waals surface area contributed by atoms with Crippen LogP contribution in [-0.4, -0.2) is 6.61 Å². The minimum Gasteiger partial charge on any atom is -0.493 e. The van der Waals surface area contributed by atoms with E-state index in [4.69, 9.17) is 15.7 Å². The molecule has 0 fully saturated rings. The molecule has 0 amide bonds. The van der Waals surface area contributed by atoms with Crippen LogP contribution in [0.1, 0.15) is 30.9 Å². The molecule has 0 aromatic heterocycles. The Bertz CT molecular complexity index is 497. The van der Waals surface area contributed by atoms with Gasteiger partial charge in [0.25, 0.3) is 0 Å². The van der Waals surface area contributed by atoms with Crippen LogP contribution in [0.5, 0.6) is 5.75 Å². The Morgan fingerprint density at radius 2 is 2.35 bits per heavy atom. The summed E-state index contributed by atoms with van der Waals surface area (Å²) in [6, 6.07) is 8.08. The van der Waals surface area contributed by atoms with Gasteiger partial charge in [0.05, 0.1) is 23.9 Å². The van der Waals surface area contributed by atoms with Crippen molar-refractivity contribution in [3.63, 3.8) is 0 Å². The number of fused-ring (bicyclic) bond motifs is 1. The zero-order valence-electron chi connectivity index (χ0n) is 9.99. The summed E-state index contributed by atoms with van der Waals surface area (Å²) >= 11 is 0. The van der Waals surface area contributed by atoms with Crippen LogP contribution in [0.2, 0.25) is 0 Å². The minimum atomic E-state index is 0.601. The molecule has 1 aliphatic rings. The average Bonchev–Trinajstić information content (AvgIpc) is 2.82. The van der Waals surface area contributed by atoms with E-state index >= 15 is 0 Å². The van der Waals surface area contributed by atoms with Gasteiger partial charge in [-0.1, -0.05) is 13.3 Å².